The van der Waals surface area contributed by atoms with Gasteiger partial charge in [-0.2, -0.15) is 5.10 Å². The van der Waals surface area contributed by atoms with E-state index in [1.165, 1.54) is 12.7 Å². The molecule has 7 nitrogen and oxygen atoms in total. The minimum atomic E-state index is -1.08. The molecule has 0 aliphatic rings. The van der Waals surface area contributed by atoms with Gasteiger partial charge in [0.25, 0.3) is 0 Å². The first-order chi connectivity index (χ1) is 7.71. The van der Waals surface area contributed by atoms with Crippen LogP contribution in [0.25, 0.3) is 0 Å². The topological polar surface area (TPSA) is 99.9 Å². The minimum absolute atomic E-state index is 0.309. The lowest BCUT2D eigenvalue weighted by atomic mass is 9.93. The second-order valence-corrected chi connectivity index (χ2v) is 3.56. The zero-order valence-electron chi connectivity index (χ0n) is 8.78. The number of rotatable bonds is 4. The number of hydrogen-bond donors (Lipinski definition) is 3. The molecule has 0 saturated carbocycles. The van der Waals surface area contributed by atoms with Crippen molar-refractivity contribution in [2.45, 2.75) is 18.6 Å². The van der Waals surface area contributed by atoms with E-state index in [-0.39, 0.29) is 6.61 Å². The summed E-state index contributed by atoms with van der Waals surface area (Å²) in [7, 11) is 0. The molecule has 0 spiro atoms. The summed E-state index contributed by atoms with van der Waals surface area (Å²) in [5, 5.41) is 25.9. The minimum Gasteiger partial charge on any atom is -0.393 e. The maximum absolute atomic E-state index is 9.91. The summed E-state index contributed by atoms with van der Waals surface area (Å²) < 4.78 is 1.61. The van der Waals surface area contributed by atoms with Gasteiger partial charge in [0.2, 0.25) is 0 Å². The molecule has 0 radical (unpaired) electrons. The number of nitrogens with one attached hydrogen (secondary N) is 1. The fourth-order valence-electron chi connectivity index (χ4n) is 1.73. The Balaban J connectivity index is 2.56. The molecule has 0 fully saturated rings. The van der Waals surface area contributed by atoms with Crippen molar-refractivity contribution in [1.29, 1.82) is 0 Å². The fourth-order valence-corrected chi connectivity index (χ4v) is 1.73. The van der Waals surface area contributed by atoms with Gasteiger partial charge >= 0.3 is 0 Å². The first-order valence-corrected chi connectivity index (χ1v) is 4.85. The highest BCUT2D eigenvalue weighted by molar-refractivity contribution is 5.11. The molecule has 2 heterocycles. The first kappa shape index (κ1) is 10.8. The highest BCUT2D eigenvalue weighted by atomic mass is 16.3. The second kappa shape index (κ2) is 4.03. The van der Waals surface area contributed by atoms with Crippen LogP contribution in [0, 0.1) is 0 Å². The Morgan fingerprint density at radius 1 is 1.62 bits per heavy atom. The average Bonchev–Trinajstić information content (AvgIpc) is 2.89. The van der Waals surface area contributed by atoms with E-state index < -0.39 is 11.6 Å². The number of H-pyrrole nitrogens is 1. The Morgan fingerprint density at radius 2 is 2.44 bits per heavy atom. The number of hydrogen-bond acceptors (Lipinski definition) is 5. The lowest BCUT2D eigenvalue weighted by Gasteiger charge is -2.33. The molecule has 2 aromatic rings. The van der Waals surface area contributed by atoms with Crippen LogP contribution in [0.2, 0.25) is 0 Å². The van der Waals surface area contributed by atoms with Gasteiger partial charge in [0.1, 0.15) is 6.33 Å². The van der Waals surface area contributed by atoms with Crippen LogP contribution in [-0.2, 0) is 5.54 Å². The van der Waals surface area contributed by atoms with Gasteiger partial charge in [-0.25, -0.2) is 9.97 Å². The van der Waals surface area contributed by atoms with E-state index >= 15 is 0 Å². The van der Waals surface area contributed by atoms with Gasteiger partial charge in [-0.1, -0.05) is 0 Å². The third-order valence-electron chi connectivity index (χ3n) is 2.72. The quantitative estimate of drug-likeness (QED) is 0.625. The van der Waals surface area contributed by atoms with Crippen molar-refractivity contribution in [2.24, 2.45) is 0 Å². The van der Waals surface area contributed by atoms with Gasteiger partial charge in [0.05, 0.1) is 19.0 Å². The van der Waals surface area contributed by atoms with E-state index in [2.05, 4.69) is 20.2 Å². The predicted octanol–water partition coefficient (Wildman–Crippen LogP) is -0.882. The molecule has 0 aliphatic carbocycles. The van der Waals surface area contributed by atoms with Crippen molar-refractivity contribution in [2.75, 3.05) is 6.61 Å². The molecular formula is C9H13N5O2. The zero-order valence-corrected chi connectivity index (χ0v) is 8.78. The normalized spacial score (nSPS) is 16.9. The molecule has 0 amide bonds. The Morgan fingerprint density at radius 3 is 2.88 bits per heavy atom. The standard InChI is InChI=1S/C9H13N5O2/c1-7(16)9(4-15,8-11-5-12-13-8)14-3-2-10-6-14/h2-3,5-7,15-16H,4H2,1H3,(H,11,12,13). The van der Waals surface area contributed by atoms with Crippen LogP contribution in [0.1, 0.15) is 12.7 Å². The van der Waals surface area contributed by atoms with Crippen LogP contribution in [0.5, 0.6) is 0 Å². The lowest BCUT2D eigenvalue weighted by molar-refractivity contribution is 0.0252. The molecule has 3 N–H and O–H groups in total. The summed E-state index contributed by atoms with van der Waals surface area (Å²) in [6.07, 6.45) is 5.23. The molecule has 2 rings (SSSR count). The molecular weight excluding hydrogens is 210 g/mol. The van der Waals surface area contributed by atoms with Crippen LogP contribution >= 0.6 is 0 Å². The monoisotopic (exact) mass is 223 g/mol. The Kier molecular flexibility index (Phi) is 2.71. The molecule has 0 saturated heterocycles. The molecule has 2 unspecified atom stereocenters. The van der Waals surface area contributed by atoms with E-state index in [9.17, 15) is 10.2 Å². The van der Waals surface area contributed by atoms with Gasteiger partial charge in [0, 0.05) is 12.4 Å². The van der Waals surface area contributed by atoms with Crippen LogP contribution in [0.4, 0.5) is 0 Å². The van der Waals surface area contributed by atoms with Crippen molar-refractivity contribution in [1.82, 2.24) is 24.7 Å². The SMILES string of the molecule is CC(O)C(CO)(c1ncn[nH]1)n1ccnc1. The van der Waals surface area contributed by atoms with E-state index in [1.807, 2.05) is 0 Å². The highest BCUT2D eigenvalue weighted by Crippen LogP contribution is 2.26. The smallest absolute Gasteiger partial charge is 0.155 e. The van der Waals surface area contributed by atoms with Crippen LogP contribution in [0.15, 0.2) is 25.0 Å². The van der Waals surface area contributed by atoms with Gasteiger partial charge in [-0.05, 0) is 6.92 Å². The Bertz CT molecular complexity index is 388. The summed E-state index contributed by atoms with van der Waals surface area (Å²) in [5.41, 5.74) is -1.08. The van der Waals surface area contributed by atoms with E-state index in [0.29, 0.717) is 5.82 Å². The highest BCUT2D eigenvalue weighted by Gasteiger charge is 2.41. The largest absolute Gasteiger partial charge is 0.393 e. The molecule has 86 valence electrons. The summed E-state index contributed by atoms with van der Waals surface area (Å²) in [6.45, 7) is 1.27. The van der Waals surface area contributed by atoms with E-state index in [1.54, 1.807) is 23.9 Å². The fraction of sp³-hybridized carbons (Fsp3) is 0.444. The zero-order chi connectivity index (χ0) is 11.6. The van der Waals surface area contributed by atoms with Crippen LogP contribution in [-0.4, -0.2) is 47.7 Å². The summed E-state index contributed by atoms with van der Waals surface area (Å²) >= 11 is 0. The van der Waals surface area contributed by atoms with Gasteiger partial charge in [0.15, 0.2) is 11.4 Å². The molecule has 0 aromatic carbocycles. The van der Waals surface area contributed by atoms with Crippen LogP contribution in [0.3, 0.4) is 0 Å². The van der Waals surface area contributed by atoms with Crippen molar-refractivity contribution in [3.8, 4) is 0 Å². The maximum Gasteiger partial charge on any atom is 0.155 e. The number of aliphatic hydroxyl groups excluding tert-OH is 2. The number of aliphatic hydroxyl groups is 2. The maximum atomic E-state index is 9.91. The molecule has 2 aromatic heterocycles. The second-order valence-electron chi connectivity index (χ2n) is 3.56. The Hall–Kier alpha value is -1.73. The molecule has 16 heavy (non-hydrogen) atoms. The van der Waals surface area contributed by atoms with Gasteiger partial charge in [-0.3, -0.25) is 5.10 Å². The number of imidazole rings is 1. The molecule has 7 heteroatoms. The van der Waals surface area contributed by atoms with Crippen molar-refractivity contribution in [3.63, 3.8) is 0 Å². The predicted molar refractivity (Wildman–Crippen MR) is 54.5 cm³/mol. The van der Waals surface area contributed by atoms with Gasteiger partial charge < -0.3 is 14.8 Å². The summed E-state index contributed by atoms with van der Waals surface area (Å²) in [4.78, 5) is 7.91. The first-order valence-electron chi connectivity index (χ1n) is 4.85. The average molecular weight is 223 g/mol. The summed E-state index contributed by atoms with van der Waals surface area (Å²) in [6, 6.07) is 0. The third kappa shape index (κ3) is 1.41. The van der Waals surface area contributed by atoms with Crippen molar-refractivity contribution < 1.29 is 10.2 Å². The summed E-state index contributed by atoms with van der Waals surface area (Å²) in [5.74, 6) is 0.392. The molecule has 0 aliphatic heterocycles. The van der Waals surface area contributed by atoms with E-state index in [0.717, 1.165) is 0 Å². The van der Waals surface area contributed by atoms with Crippen molar-refractivity contribution >= 4 is 0 Å². The molecule has 2 atom stereocenters. The Labute approximate surface area is 91.8 Å². The number of aromatic amines is 1. The molecule has 0 bridgehead atoms. The van der Waals surface area contributed by atoms with Gasteiger partial charge in [-0.15, -0.1) is 0 Å². The number of nitrogens with zero attached hydrogens (tertiary/aromatic N) is 4. The van der Waals surface area contributed by atoms with E-state index in [4.69, 9.17) is 0 Å². The third-order valence-corrected chi connectivity index (χ3v) is 2.72. The number of aromatic nitrogens is 5. The lowest BCUT2D eigenvalue weighted by Crippen LogP contribution is -2.48. The van der Waals surface area contributed by atoms with Crippen molar-refractivity contribution in [3.05, 3.63) is 30.9 Å². The van der Waals surface area contributed by atoms with Crippen LogP contribution < -0.4 is 0 Å².